The normalized spacial score (nSPS) is 14.2. The number of nitrogens with one attached hydrogen (secondary N) is 4. The van der Waals surface area contributed by atoms with Crippen LogP contribution in [0.4, 0.5) is 17.6 Å². The monoisotopic (exact) mass is 993 g/mol. The van der Waals surface area contributed by atoms with E-state index in [0.717, 1.165) is 85.8 Å². The minimum atomic E-state index is -4.39. The predicted molar refractivity (Wildman–Crippen MR) is 269 cm³/mol. The molecule has 2 saturated heterocycles. The number of nitrogens with zero attached hydrogens (tertiary/aromatic N) is 3. The molecule has 5 heterocycles. The molecule has 0 amide bonds. The number of alkyl halides is 3. The topological polar surface area (TPSA) is 193 Å². The lowest BCUT2D eigenvalue weighted by atomic mass is 10.1. The van der Waals surface area contributed by atoms with E-state index in [9.17, 15) is 17.6 Å². The fourth-order valence-electron chi connectivity index (χ4n) is 5.42. The molecule has 2 atom stereocenters. The number of aromatic nitrogens is 3. The zero-order valence-electron chi connectivity index (χ0n) is 40.3. The summed E-state index contributed by atoms with van der Waals surface area (Å²) in [6.45, 7) is 17.5. The SMILES string of the molecule is CC.CNCCC(C)C.CNCc1cccc(F)c1.Cc1ccc(-c2cn3cc(C(F)(F)F)nc3s2)cc1.Cc1ccc(-c2cncs2)cc1.O=CO.O=CO.OC1CCNC1.OC1CCNC1. The van der Waals surface area contributed by atoms with Gasteiger partial charge in [0.25, 0.3) is 12.9 Å². The van der Waals surface area contributed by atoms with Gasteiger partial charge >= 0.3 is 6.18 Å². The second-order valence-electron chi connectivity index (χ2n) is 15.0. The van der Waals surface area contributed by atoms with Crippen LogP contribution in [0.25, 0.3) is 25.8 Å². The second-order valence-corrected chi connectivity index (χ2v) is 16.9. The summed E-state index contributed by atoms with van der Waals surface area (Å²) in [5.74, 6) is 0.667. The number of aryl methyl sites for hydroxylation is 2. The van der Waals surface area contributed by atoms with Gasteiger partial charge in [0.1, 0.15) is 5.82 Å². The quantitative estimate of drug-likeness (QED) is 0.0559. The second kappa shape index (κ2) is 37.8. The van der Waals surface area contributed by atoms with Crippen molar-refractivity contribution in [3.8, 4) is 20.9 Å². The number of imidazole rings is 1. The van der Waals surface area contributed by atoms with Gasteiger partial charge in [0.05, 0.1) is 27.5 Å². The molecule has 8 rings (SSSR count). The third kappa shape index (κ3) is 28.9. The van der Waals surface area contributed by atoms with Crippen molar-refractivity contribution in [3.05, 3.63) is 125 Å². The summed E-state index contributed by atoms with van der Waals surface area (Å²) in [6, 6.07) is 22.9. The van der Waals surface area contributed by atoms with Crippen molar-refractivity contribution in [3.63, 3.8) is 0 Å². The number of benzene rings is 3. The molecule has 0 spiro atoms. The summed E-state index contributed by atoms with van der Waals surface area (Å²) in [7, 11) is 3.83. The van der Waals surface area contributed by atoms with Crippen molar-refractivity contribution < 1.29 is 47.6 Å². The highest BCUT2D eigenvalue weighted by atomic mass is 32.1. The first kappa shape index (κ1) is 62.9. The van der Waals surface area contributed by atoms with Gasteiger partial charge in [-0.05, 0) is 102 Å². The molecule has 3 aromatic heterocycles. The van der Waals surface area contributed by atoms with Gasteiger partial charge in [-0.25, -0.2) is 9.37 Å². The zero-order valence-corrected chi connectivity index (χ0v) is 41.9. The summed E-state index contributed by atoms with van der Waals surface area (Å²) in [5.41, 5.74) is 6.65. The Morgan fingerprint density at radius 1 is 0.824 bits per heavy atom. The summed E-state index contributed by atoms with van der Waals surface area (Å²) in [5, 5.41) is 43.2. The highest BCUT2D eigenvalue weighted by Crippen LogP contribution is 2.33. The number of hydrogen-bond acceptors (Lipinski definition) is 12. The van der Waals surface area contributed by atoms with E-state index in [1.807, 2.05) is 76.9 Å². The molecule has 2 fully saturated rings. The fraction of sp³-hybridized carbons (Fsp3) is 0.429. The van der Waals surface area contributed by atoms with Crippen molar-refractivity contribution in [2.75, 3.05) is 46.8 Å². The molecule has 0 radical (unpaired) electrons. The molecule has 68 heavy (non-hydrogen) atoms. The maximum atomic E-state index is 12.5. The Hall–Kier alpha value is -5.12. The van der Waals surface area contributed by atoms with E-state index in [4.69, 9.17) is 30.0 Å². The molecule has 2 unspecified atom stereocenters. The molecule has 8 N–H and O–H groups in total. The lowest BCUT2D eigenvalue weighted by Crippen LogP contribution is -2.11. The number of thiazole rings is 2. The van der Waals surface area contributed by atoms with Gasteiger partial charge in [-0.2, -0.15) is 13.2 Å². The zero-order chi connectivity index (χ0) is 51.3. The molecule has 19 heteroatoms. The minimum Gasteiger partial charge on any atom is -0.483 e. The van der Waals surface area contributed by atoms with Gasteiger partial charge in [0, 0.05) is 38.2 Å². The number of fused-ring (bicyclic) bond motifs is 1. The van der Waals surface area contributed by atoms with E-state index < -0.39 is 11.9 Å². The Morgan fingerprint density at radius 2 is 1.34 bits per heavy atom. The van der Waals surface area contributed by atoms with E-state index in [1.165, 1.54) is 50.3 Å². The van der Waals surface area contributed by atoms with Crippen LogP contribution in [0.3, 0.4) is 0 Å². The number of rotatable bonds is 7. The third-order valence-corrected chi connectivity index (χ3v) is 10.7. The molecular weight excluding hydrogens is 923 g/mol. The van der Waals surface area contributed by atoms with Crippen molar-refractivity contribution >= 4 is 40.6 Å². The van der Waals surface area contributed by atoms with Crippen LogP contribution < -0.4 is 21.3 Å². The van der Waals surface area contributed by atoms with Crippen LogP contribution in [0.1, 0.15) is 69.3 Å². The summed E-state index contributed by atoms with van der Waals surface area (Å²) >= 11 is 2.92. The van der Waals surface area contributed by atoms with Crippen LogP contribution >= 0.6 is 22.7 Å². The van der Waals surface area contributed by atoms with E-state index in [0.29, 0.717) is 4.96 Å². The Labute approximate surface area is 406 Å². The van der Waals surface area contributed by atoms with E-state index >= 15 is 0 Å². The highest BCUT2D eigenvalue weighted by molar-refractivity contribution is 7.20. The summed E-state index contributed by atoms with van der Waals surface area (Å²) in [4.78, 5) is 26.8. The van der Waals surface area contributed by atoms with E-state index in [2.05, 4.69) is 76.3 Å². The molecule has 3 aromatic carbocycles. The molecule has 0 bridgehead atoms. The number of halogens is 4. The maximum absolute atomic E-state index is 12.5. The van der Waals surface area contributed by atoms with Crippen molar-refractivity contribution in [1.29, 1.82) is 0 Å². The largest absolute Gasteiger partial charge is 0.483 e. The Balaban J connectivity index is 0.000000805. The standard InChI is InChI=1S/C13H9F3N2S.C10H9NS.C8H10FN.C6H15N.2C4H9NO.C2H6.2CH2O2/c1-8-2-4-9(5-3-8)10-6-18-7-11(13(14,15)16)17-12(18)19-10;1-8-2-4-9(5-3-8)10-6-11-7-12-10;1-10-6-7-3-2-4-8(9)5-7;1-6(2)4-5-7-3;2*6-4-1-2-5-3-4;1-2;2*2-1-3/h2-7H,1H3;2-7H,1H3;2-5,10H,6H2,1H3;6-7H,4-5H2,1-3H3;2*4-6H,1-3H2;1-2H3;2*1H,(H,2,3). The van der Waals surface area contributed by atoms with Crippen molar-refractivity contribution in [2.45, 2.75) is 85.7 Å². The van der Waals surface area contributed by atoms with Gasteiger partial charge in [-0.1, -0.05) is 111 Å². The lowest BCUT2D eigenvalue weighted by molar-refractivity contribution is -0.140. The smallest absolute Gasteiger partial charge is 0.434 e. The van der Waals surface area contributed by atoms with Crippen LogP contribution in [-0.2, 0) is 22.3 Å². The molecular formula is C49H71F4N7O6S2. The molecule has 6 aromatic rings. The van der Waals surface area contributed by atoms with E-state index in [1.54, 1.807) is 23.6 Å². The molecule has 2 aliphatic heterocycles. The third-order valence-electron chi connectivity index (χ3n) is 8.86. The first-order valence-corrected chi connectivity index (χ1v) is 23.8. The van der Waals surface area contributed by atoms with E-state index in [-0.39, 0.29) is 31.0 Å². The molecule has 378 valence electrons. The number of aliphatic hydroxyl groups is 2. The van der Waals surface area contributed by atoms with Gasteiger partial charge in [-0.3, -0.25) is 19.0 Å². The van der Waals surface area contributed by atoms with Gasteiger partial charge in [0.2, 0.25) is 0 Å². The number of hydrogen-bond donors (Lipinski definition) is 8. The van der Waals surface area contributed by atoms with Crippen LogP contribution in [0.5, 0.6) is 0 Å². The summed E-state index contributed by atoms with van der Waals surface area (Å²) < 4.78 is 51.4. The molecule has 13 nitrogen and oxygen atoms in total. The Morgan fingerprint density at radius 3 is 1.68 bits per heavy atom. The van der Waals surface area contributed by atoms with Crippen molar-refractivity contribution in [1.82, 2.24) is 35.6 Å². The first-order chi connectivity index (χ1) is 32.5. The van der Waals surface area contributed by atoms with Crippen molar-refractivity contribution in [2.24, 2.45) is 5.92 Å². The van der Waals surface area contributed by atoms with Crippen LogP contribution in [0.15, 0.2) is 96.9 Å². The maximum Gasteiger partial charge on any atom is 0.434 e. The number of carboxylic acid groups (broad SMARTS) is 2. The molecule has 0 saturated carbocycles. The van der Waals surface area contributed by atoms with Crippen LogP contribution in [0.2, 0.25) is 0 Å². The predicted octanol–water partition coefficient (Wildman–Crippen LogP) is 9.41. The van der Waals surface area contributed by atoms with Crippen LogP contribution in [-0.4, -0.2) is 107 Å². The minimum absolute atomic E-state index is 0.0648. The fourth-order valence-corrected chi connectivity index (χ4v) is 7.02. The molecule has 2 aliphatic rings. The highest BCUT2D eigenvalue weighted by Gasteiger charge is 2.34. The summed E-state index contributed by atoms with van der Waals surface area (Å²) in [6.07, 6.45) is 3.22. The Bertz CT molecular complexity index is 2070. The average molecular weight is 994 g/mol. The lowest BCUT2D eigenvalue weighted by Gasteiger charge is -2.00. The Kier molecular flexibility index (Phi) is 35.0. The van der Waals surface area contributed by atoms with Crippen LogP contribution in [0, 0.1) is 25.6 Å². The number of carbonyl (C=O) groups is 2. The number of aliphatic hydroxyl groups excluding tert-OH is 2. The average Bonchev–Trinajstić information content (AvgIpc) is 4.18. The number of β-amino-alcohol motifs (C(OH)–C–C–N with tert-alkyl or cyclic N) is 2. The van der Waals surface area contributed by atoms with Gasteiger partial charge < -0.3 is 41.7 Å². The first-order valence-electron chi connectivity index (χ1n) is 22.1. The molecule has 0 aliphatic carbocycles. The van der Waals surface area contributed by atoms with Gasteiger partial charge in [0.15, 0.2) is 10.7 Å². The van der Waals surface area contributed by atoms with Gasteiger partial charge in [-0.15, -0.1) is 11.3 Å².